The van der Waals surface area contributed by atoms with Crippen molar-refractivity contribution in [3.8, 4) is 0 Å². The van der Waals surface area contributed by atoms with Crippen LogP contribution in [-0.4, -0.2) is 59.7 Å². The van der Waals surface area contributed by atoms with Crippen LogP contribution in [0.5, 0.6) is 0 Å². The van der Waals surface area contributed by atoms with Gasteiger partial charge in [0.25, 0.3) is 11.8 Å². The summed E-state index contributed by atoms with van der Waals surface area (Å²) in [6.45, 7) is 4.89. The van der Waals surface area contributed by atoms with E-state index in [-0.39, 0.29) is 41.4 Å². The van der Waals surface area contributed by atoms with E-state index in [9.17, 15) is 18.8 Å². The highest BCUT2D eigenvalue weighted by molar-refractivity contribution is 6.31. The molecule has 31 heavy (non-hydrogen) atoms. The summed E-state index contributed by atoms with van der Waals surface area (Å²) in [7, 11) is 0. The van der Waals surface area contributed by atoms with Crippen LogP contribution >= 0.6 is 11.6 Å². The van der Waals surface area contributed by atoms with E-state index in [0.29, 0.717) is 18.7 Å². The van der Waals surface area contributed by atoms with Gasteiger partial charge in [-0.05, 0) is 36.2 Å². The molecular weight excluding hydrogens is 421 g/mol. The molecule has 8 heteroatoms. The van der Waals surface area contributed by atoms with Gasteiger partial charge in [0.15, 0.2) is 0 Å². The molecule has 1 saturated heterocycles. The molecule has 1 fully saturated rings. The Labute approximate surface area is 186 Å². The summed E-state index contributed by atoms with van der Waals surface area (Å²) in [5, 5.41) is 3.11. The Morgan fingerprint density at radius 3 is 2.19 bits per heavy atom. The molecule has 1 N–H and O–H groups in total. The Kier molecular flexibility index (Phi) is 7.28. The fourth-order valence-electron chi connectivity index (χ4n) is 3.49. The number of hydrogen-bond acceptors (Lipinski definition) is 3. The van der Waals surface area contributed by atoms with Crippen LogP contribution in [0.2, 0.25) is 5.02 Å². The quantitative estimate of drug-likeness (QED) is 0.768. The van der Waals surface area contributed by atoms with Crippen molar-refractivity contribution in [1.82, 2.24) is 15.1 Å². The van der Waals surface area contributed by atoms with Crippen LogP contribution in [0.4, 0.5) is 4.39 Å². The van der Waals surface area contributed by atoms with Crippen molar-refractivity contribution in [2.45, 2.75) is 19.9 Å². The number of amides is 3. The number of halogens is 2. The number of nitrogens with one attached hydrogen (secondary N) is 1. The Hall–Kier alpha value is -2.93. The average molecular weight is 446 g/mol. The van der Waals surface area contributed by atoms with Gasteiger partial charge in [-0.15, -0.1) is 0 Å². The molecule has 2 aromatic rings. The van der Waals surface area contributed by atoms with Gasteiger partial charge in [0, 0.05) is 36.8 Å². The van der Waals surface area contributed by atoms with Gasteiger partial charge < -0.3 is 15.1 Å². The van der Waals surface area contributed by atoms with Crippen LogP contribution in [0.15, 0.2) is 48.5 Å². The highest BCUT2D eigenvalue weighted by atomic mass is 35.5. The Balaban J connectivity index is 1.63. The van der Waals surface area contributed by atoms with Crippen LogP contribution in [0.3, 0.4) is 0 Å². The minimum absolute atomic E-state index is 0.0811. The molecule has 3 rings (SSSR count). The summed E-state index contributed by atoms with van der Waals surface area (Å²) in [6.07, 6.45) is 0. The van der Waals surface area contributed by atoms with Crippen LogP contribution in [0.1, 0.15) is 34.6 Å². The minimum atomic E-state index is -0.680. The van der Waals surface area contributed by atoms with Gasteiger partial charge in [-0.2, -0.15) is 0 Å². The van der Waals surface area contributed by atoms with E-state index in [1.165, 1.54) is 17.0 Å². The van der Waals surface area contributed by atoms with Gasteiger partial charge in [0.05, 0.1) is 5.56 Å². The van der Waals surface area contributed by atoms with Gasteiger partial charge in [0.2, 0.25) is 5.91 Å². The highest BCUT2D eigenvalue weighted by Crippen LogP contribution is 2.18. The highest BCUT2D eigenvalue weighted by Gasteiger charge is 2.32. The van der Waals surface area contributed by atoms with Crippen molar-refractivity contribution in [2.75, 3.05) is 26.2 Å². The molecule has 1 aliphatic heterocycles. The molecule has 0 bridgehead atoms. The molecule has 1 aliphatic rings. The maximum absolute atomic E-state index is 14.0. The first kappa shape index (κ1) is 22.7. The molecule has 1 atom stereocenters. The molecule has 0 aromatic heterocycles. The first-order chi connectivity index (χ1) is 14.8. The van der Waals surface area contributed by atoms with E-state index >= 15 is 0 Å². The van der Waals surface area contributed by atoms with Crippen molar-refractivity contribution < 1.29 is 18.8 Å². The van der Waals surface area contributed by atoms with Crippen molar-refractivity contribution in [1.29, 1.82) is 0 Å². The number of hydrogen-bond donors (Lipinski definition) is 1. The average Bonchev–Trinajstić information content (AvgIpc) is 2.78. The maximum atomic E-state index is 14.0. The Bertz CT molecular complexity index is 960. The molecule has 164 valence electrons. The lowest BCUT2D eigenvalue weighted by atomic mass is 10.0. The number of nitrogens with zero attached hydrogens (tertiary/aromatic N) is 2. The van der Waals surface area contributed by atoms with E-state index in [0.717, 1.165) is 6.07 Å². The fraction of sp³-hybridized carbons (Fsp3) is 0.348. The van der Waals surface area contributed by atoms with E-state index in [1.54, 1.807) is 29.2 Å². The normalized spacial score (nSPS) is 15.0. The summed E-state index contributed by atoms with van der Waals surface area (Å²) in [6, 6.07) is 11.9. The molecule has 0 aliphatic carbocycles. The minimum Gasteiger partial charge on any atom is -0.340 e. The molecule has 6 nitrogen and oxygen atoms in total. The Morgan fingerprint density at radius 2 is 1.58 bits per heavy atom. The third kappa shape index (κ3) is 5.41. The lowest BCUT2D eigenvalue weighted by Crippen LogP contribution is -2.57. The topological polar surface area (TPSA) is 69.7 Å². The lowest BCUT2D eigenvalue weighted by molar-refractivity contribution is -0.135. The Morgan fingerprint density at radius 1 is 0.968 bits per heavy atom. The van der Waals surface area contributed by atoms with Crippen LogP contribution in [0.25, 0.3) is 0 Å². The second-order valence-corrected chi connectivity index (χ2v) is 8.24. The number of carbonyl (C=O) groups excluding carboxylic acids is 3. The zero-order chi connectivity index (χ0) is 22.5. The second-order valence-electron chi connectivity index (χ2n) is 7.80. The summed E-state index contributed by atoms with van der Waals surface area (Å²) in [4.78, 5) is 41.4. The van der Waals surface area contributed by atoms with E-state index in [4.69, 9.17) is 11.6 Å². The smallest absolute Gasteiger partial charge is 0.257 e. The van der Waals surface area contributed by atoms with Gasteiger partial charge >= 0.3 is 0 Å². The first-order valence-corrected chi connectivity index (χ1v) is 10.5. The fourth-order valence-corrected chi connectivity index (χ4v) is 3.66. The predicted molar refractivity (Wildman–Crippen MR) is 116 cm³/mol. The third-order valence-corrected chi connectivity index (χ3v) is 5.53. The number of benzene rings is 2. The molecule has 0 saturated carbocycles. The second kappa shape index (κ2) is 9.92. The molecule has 0 spiro atoms. The standard InChI is InChI=1S/C23H25ClFN3O3/c1-15(2)20(26-21(29)16-6-4-3-5-7-16)23(31)28-12-10-27(11-13-28)22(30)18-14-17(24)8-9-19(18)25/h3-9,14-15,20H,10-13H2,1-2H3,(H,26,29). The van der Waals surface area contributed by atoms with Crippen molar-refractivity contribution >= 4 is 29.3 Å². The molecule has 1 heterocycles. The summed E-state index contributed by atoms with van der Waals surface area (Å²) >= 11 is 5.89. The summed E-state index contributed by atoms with van der Waals surface area (Å²) < 4.78 is 14.0. The van der Waals surface area contributed by atoms with Crippen LogP contribution < -0.4 is 5.32 Å². The largest absolute Gasteiger partial charge is 0.340 e. The summed E-state index contributed by atoms with van der Waals surface area (Å²) in [5.74, 6) is -1.69. The molecule has 2 aromatic carbocycles. The van der Waals surface area contributed by atoms with Crippen molar-refractivity contribution in [2.24, 2.45) is 5.92 Å². The zero-order valence-electron chi connectivity index (χ0n) is 17.5. The van der Waals surface area contributed by atoms with E-state index in [1.807, 2.05) is 19.9 Å². The van der Waals surface area contributed by atoms with E-state index < -0.39 is 17.8 Å². The SMILES string of the molecule is CC(C)C(NC(=O)c1ccccc1)C(=O)N1CCN(C(=O)c2cc(Cl)ccc2F)CC1. The first-order valence-electron chi connectivity index (χ1n) is 10.2. The van der Waals surface area contributed by atoms with Crippen molar-refractivity contribution in [3.05, 3.63) is 70.5 Å². The molecule has 3 amide bonds. The van der Waals surface area contributed by atoms with E-state index in [2.05, 4.69) is 5.32 Å². The molecule has 1 unspecified atom stereocenters. The molecule has 0 radical (unpaired) electrons. The third-order valence-electron chi connectivity index (χ3n) is 5.29. The summed E-state index contributed by atoms with van der Waals surface area (Å²) in [5.41, 5.74) is 0.405. The van der Waals surface area contributed by atoms with Gasteiger partial charge in [-0.25, -0.2) is 4.39 Å². The van der Waals surface area contributed by atoms with Gasteiger partial charge in [-0.1, -0.05) is 43.6 Å². The lowest BCUT2D eigenvalue weighted by Gasteiger charge is -2.37. The van der Waals surface area contributed by atoms with Gasteiger partial charge in [0.1, 0.15) is 11.9 Å². The predicted octanol–water partition coefficient (Wildman–Crippen LogP) is 3.22. The van der Waals surface area contributed by atoms with Crippen molar-refractivity contribution in [3.63, 3.8) is 0 Å². The number of rotatable bonds is 5. The molecular formula is C23H25ClFN3O3. The van der Waals surface area contributed by atoms with Gasteiger partial charge in [-0.3, -0.25) is 14.4 Å². The number of carbonyl (C=O) groups is 3. The van der Waals surface area contributed by atoms with Crippen LogP contribution in [0, 0.1) is 11.7 Å². The zero-order valence-corrected chi connectivity index (χ0v) is 18.2. The number of piperazine rings is 1. The monoisotopic (exact) mass is 445 g/mol. The maximum Gasteiger partial charge on any atom is 0.257 e. The van der Waals surface area contributed by atoms with Crippen LogP contribution in [-0.2, 0) is 4.79 Å².